The molecule has 0 amide bonds. The molecule has 0 fully saturated rings. The molecule has 118 valence electrons. The second kappa shape index (κ2) is 6.65. The molecule has 0 saturated heterocycles. The number of hydrazone groups is 1. The zero-order valence-corrected chi connectivity index (χ0v) is 13.5. The summed E-state index contributed by atoms with van der Waals surface area (Å²) in [4.78, 5) is 14.1. The Bertz CT molecular complexity index is 752. The molecule has 23 heavy (non-hydrogen) atoms. The molecule has 4 nitrogen and oxygen atoms in total. The number of aryl methyl sites for hydroxylation is 2. The maximum Gasteiger partial charge on any atom is 0.197 e. The Balaban J connectivity index is 1.91. The zero-order chi connectivity index (χ0) is 16.2. The lowest BCUT2D eigenvalue weighted by Gasteiger charge is -2.30. The highest BCUT2D eigenvalue weighted by Crippen LogP contribution is 2.27. The average molecular weight is 307 g/mol. The Morgan fingerprint density at radius 2 is 2.00 bits per heavy atom. The molecule has 0 bridgehead atoms. The number of Topliss-reactive ketones (excluding diaryl/α,β-unsaturated/α-hetero) is 1. The van der Waals surface area contributed by atoms with Crippen LogP contribution >= 0.6 is 0 Å². The standard InChI is InChI=1S/C19H21N3O/c1-14-7-5-10-17(13-14)20-21-19(15(2)23)22-12-6-9-16-8-3-4-11-18(16)22/h3-5,7-8,10-11,13,20H,6,9,12H2,1-2H3. The van der Waals surface area contributed by atoms with E-state index in [1.165, 1.54) is 5.56 Å². The average Bonchev–Trinajstić information content (AvgIpc) is 2.55. The summed E-state index contributed by atoms with van der Waals surface area (Å²) in [5.41, 5.74) is 7.40. The van der Waals surface area contributed by atoms with Gasteiger partial charge in [0, 0.05) is 19.2 Å². The van der Waals surface area contributed by atoms with Gasteiger partial charge in [-0.25, -0.2) is 0 Å². The van der Waals surface area contributed by atoms with Crippen LogP contribution in [0.5, 0.6) is 0 Å². The molecule has 0 atom stereocenters. The van der Waals surface area contributed by atoms with E-state index in [1.54, 1.807) is 6.92 Å². The number of nitrogens with zero attached hydrogens (tertiary/aromatic N) is 2. The summed E-state index contributed by atoms with van der Waals surface area (Å²) in [7, 11) is 0. The van der Waals surface area contributed by atoms with Crippen LogP contribution in [-0.2, 0) is 11.2 Å². The first-order chi connectivity index (χ1) is 11.1. The van der Waals surface area contributed by atoms with Crippen LogP contribution in [0.4, 0.5) is 11.4 Å². The number of hydrogen-bond acceptors (Lipinski definition) is 3. The summed E-state index contributed by atoms with van der Waals surface area (Å²) in [5, 5.41) is 4.40. The first kappa shape index (κ1) is 15.3. The van der Waals surface area contributed by atoms with E-state index >= 15 is 0 Å². The third kappa shape index (κ3) is 3.42. The van der Waals surface area contributed by atoms with Crippen molar-refractivity contribution < 1.29 is 4.79 Å². The van der Waals surface area contributed by atoms with Crippen LogP contribution < -0.4 is 10.3 Å². The summed E-state index contributed by atoms with van der Waals surface area (Å²) >= 11 is 0. The first-order valence-corrected chi connectivity index (χ1v) is 7.92. The molecule has 1 N–H and O–H groups in total. The van der Waals surface area contributed by atoms with E-state index in [-0.39, 0.29) is 5.78 Å². The molecule has 4 heteroatoms. The van der Waals surface area contributed by atoms with Crippen LogP contribution in [0.15, 0.2) is 53.6 Å². The van der Waals surface area contributed by atoms with Crippen molar-refractivity contribution in [2.45, 2.75) is 26.7 Å². The third-order valence-corrected chi connectivity index (χ3v) is 3.99. The number of hydrogen-bond donors (Lipinski definition) is 1. The van der Waals surface area contributed by atoms with E-state index in [9.17, 15) is 4.79 Å². The van der Waals surface area contributed by atoms with E-state index in [0.717, 1.165) is 36.3 Å². The number of anilines is 2. The minimum Gasteiger partial charge on any atom is -0.322 e. The fraction of sp³-hybridized carbons (Fsp3) is 0.263. The number of nitrogens with one attached hydrogen (secondary N) is 1. The van der Waals surface area contributed by atoms with Gasteiger partial charge in [0.15, 0.2) is 11.6 Å². The van der Waals surface area contributed by atoms with Gasteiger partial charge in [0.25, 0.3) is 0 Å². The Morgan fingerprint density at radius 3 is 2.78 bits per heavy atom. The third-order valence-electron chi connectivity index (χ3n) is 3.99. The number of ketones is 1. The van der Waals surface area contributed by atoms with Crippen molar-refractivity contribution in [2.24, 2.45) is 5.10 Å². The van der Waals surface area contributed by atoms with Crippen molar-refractivity contribution in [3.63, 3.8) is 0 Å². The second-order valence-electron chi connectivity index (χ2n) is 5.86. The van der Waals surface area contributed by atoms with E-state index < -0.39 is 0 Å². The van der Waals surface area contributed by atoms with Gasteiger partial charge in [-0.15, -0.1) is 0 Å². The van der Waals surface area contributed by atoms with Crippen LogP contribution in [0.1, 0.15) is 24.5 Å². The highest BCUT2D eigenvalue weighted by Gasteiger charge is 2.23. The number of carbonyl (C=O) groups excluding carboxylic acids is 1. The molecular formula is C19H21N3O. The molecule has 0 radical (unpaired) electrons. The molecule has 3 rings (SSSR count). The number of rotatable bonds is 3. The second-order valence-corrected chi connectivity index (χ2v) is 5.86. The van der Waals surface area contributed by atoms with Gasteiger partial charge in [0.1, 0.15) is 0 Å². The molecule has 0 spiro atoms. The molecule has 2 aromatic carbocycles. The van der Waals surface area contributed by atoms with Gasteiger partial charge in [0.2, 0.25) is 0 Å². The first-order valence-electron chi connectivity index (χ1n) is 7.92. The lowest BCUT2D eigenvalue weighted by molar-refractivity contribution is -0.111. The normalized spacial score (nSPS) is 14.3. The Kier molecular flexibility index (Phi) is 4.42. The number of benzene rings is 2. The lowest BCUT2D eigenvalue weighted by atomic mass is 10.0. The van der Waals surface area contributed by atoms with Crippen molar-refractivity contribution in [1.82, 2.24) is 0 Å². The van der Waals surface area contributed by atoms with Gasteiger partial charge in [-0.2, -0.15) is 5.10 Å². The van der Waals surface area contributed by atoms with Gasteiger partial charge < -0.3 is 4.90 Å². The summed E-state index contributed by atoms with van der Waals surface area (Å²) in [6.45, 7) is 4.40. The molecule has 0 saturated carbocycles. The van der Waals surface area contributed by atoms with Crippen molar-refractivity contribution in [1.29, 1.82) is 0 Å². The van der Waals surface area contributed by atoms with Crippen molar-refractivity contribution in [3.05, 3.63) is 59.7 Å². The number of para-hydroxylation sites is 1. The van der Waals surface area contributed by atoms with Gasteiger partial charge in [-0.1, -0.05) is 30.3 Å². The van der Waals surface area contributed by atoms with Crippen LogP contribution in [0, 0.1) is 6.92 Å². The van der Waals surface area contributed by atoms with Gasteiger partial charge in [0.05, 0.1) is 5.69 Å². The predicted octanol–water partition coefficient (Wildman–Crippen LogP) is 3.76. The largest absolute Gasteiger partial charge is 0.322 e. The Hall–Kier alpha value is -2.62. The molecule has 1 heterocycles. The summed E-state index contributed by atoms with van der Waals surface area (Å²) in [5.74, 6) is 0.417. The molecule has 2 aromatic rings. The fourth-order valence-corrected chi connectivity index (χ4v) is 2.91. The van der Waals surface area contributed by atoms with E-state index in [0.29, 0.717) is 5.84 Å². The van der Waals surface area contributed by atoms with E-state index in [4.69, 9.17) is 0 Å². The molecule has 1 aliphatic rings. The van der Waals surface area contributed by atoms with Crippen LogP contribution in [0.2, 0.25) is 0 Å². The number of fused-ring (bicyclic) bond motifs is 1. The smallest absolute Gasteiger partial charge is 0.197 e. The number of amidine groups is 1. The molecule has 0 unspecified atom stereocenters. The minimum absolute atomic E-state index is 0.0399. The van der Waals surface area contributed by atoms with Gasteiger partial charge >= 0.3 is 0 Å². The fourth-order valence-electron chi connectivity index (χ4n) is 2.91. The summed E-state index contributed by atoms with van der Waals surface area (Å²) in [6, 6.07) is 16.2. The highest BCUT2D eigenvalue weighted by molar-refractivity contribution is 6.43. The van der Waals surface area contributed by atoms with Crippen LogP contribution in [-0.4, -0.2) is 18.2 Å². The predicted molar refractivity (Wildman–Crippen MR) is 95.0 cm³/mol. The molecule has 0 aromatic heterocycles. The molecular weight excluding hydrogens is 286 g/mol. The maximum atomic E-state index is 12.1. The van der Waals surface area contributed by atoms with E-state index in [2.05, 4.69) is 22.7 Å². The minimum atomic E-state index is -0.0399. The SMILES string of the molecule is CC(=O)C(=NNc1cccc(C)c1)N1CCCc2ccccc21. The van der Waals surface area contributed by atoms with Crippen LogP contribution in [0.3, 0.4) is 0 Å². The van der Waals surface area contributed by atoms with Crippen molar-refractivity contribution in [2.75, 3.05) is 16.9 Å². The summed E-state index contributed by atoms with van der Waals surface area (Å²) in [6.07, 6.45) is 2.07. The lowest BCUT2D eigenvalue weighted by Crippen LogP contribution is -2.39. The molecule has 0 aliphatic carbocycles. The Morgan fingerprint density at radius 1 is 1.17 bits per heavy atom. The van der Waals surface area contributed by atoms with E-state index in [1.807, 2.05) is 48.2 Å². The van der Waals surface area contributed by atoms with Crippen LogP contribution in [0.25, 0.3) is 0 Å². The topological polar surface area (TPSA) is 44.7 Å². The highest BCUT2D eigenvalue weighted by atomic mass is 16.1. The quantitative estimate of drug-likeness (QED) is 0.533. The monoisotopic (exact) mass is 307 g/mol. The van der Waals surface area contributed by atoms with Gasteiger partial charge in [-0.05, 0) is 49.1 Å². The molecule has 1 aliphatic heterocycles. The zero-order valence-electron chi connectivity index (χ0n) is 13.5. The van der Waals surface area contributed by atoms with Crippen molar-refractivity contribution in [3.8, 4) is 0 Å². The number of carbonyl (C=O) groups is 1. The summed E-state index contributed by atoms with van der Waals surface area (Å²) < 4.78 is 0. The maximum absolute atomic E-state index is 12.1. The van der Waals surface area contributed by atoms with Crippen molar-refractivity contribution >= 4 is 23.0 Å². The Labute approximate surface area is 136 Å². The van der Waals surface area contributed by atoms with Gasteiger partial charge in [-0.3, -0.25) is 10.2 Å².